The van der Waals surface area contributed by atoms with Crippen molar-refractivity contribution >= 4 is 6.03 Å². The number of hydrogen-bond donors (Lipinski definition) is 2. The predicted molar refractivity (Wildman–Crippen MR) is 96.3 cm³/mol. The van der Waals surface area contributed by atoms with E-state index in [2.05, 4.69) is 20.7 Å². The van der Waals surface area contributed by atoms with Crippen LogP contribution in [0.2, 0.25) is 0 Å². The lowest BCUT2D eigenvalue weighted by atomic mass is 10.1. The molecule has 0 aliphatic carbocycles. The molecule has 0 fully saturated rings. The van der Waals surface area contributed by atoms with Gasteiger partial charge in [-0.3, -0.25) is 0 Å². The first-order chi connectivity index (χ1) is 12.1. The van der Waals surface area contributed by atoms with Crippen molar-refractivity contribution in [3.63, 3.8) is 0 Å². The maximum Gasteiger partial charge on any atom is 0.315 e. The van der Waals surface area contributed by atoms with Crippen molar-refractivity contribution in [2.45, 2.75) is 26.4 Å². The maximum atomic E-state index is 12.1. The highest BCUT2D eigenvalue weighted by Gasteiger charge is 2.10. The van der Waals surface area contributed by atoms with Crippen molar-refractivity contribution < 1.29 is 4.79 Å². The van der Waals surface area contributed by atoms with Gasteiger partial charge in [0.2, 0.25) is 0 Å². The van der Waals surface area contributed by atoms with Gasteiger partial charge in [-0.15, -0.1) is 0 Å². The van der Waals surface area contributed by atoms with Gasteiger partial charge in [0.1, 0.15) is 12.7 Å². The molecule has 0 unspecified atom stereocenters. The predicted octanol–water partition coefficient (Wildman–Crippen LogP) is 3.14. The second-order valence-electron chi connectivity index (χ2n) is 5.91. The van der Waals surface area contributed by atoms with Crippen molar-refractivity contribution in [3.05, 3.63) is 77.9 Å². The third-order valence-electron chi connectivity index (χ3n) is 4.12. The standard InChI is InChI=1S/C19H21N5O/c1-14-5-3-4-6-17(14)11-21-19(25)23-15(2)16-7-9-18(10-8-16)24-13-20-12-22-24/h3-10,12-13,15H,11H2,1-2H3,(H2,21,23,25)/t15-/m0/s1. The molecule has 6 heteroatoms. The third-order valence-corrected chi connectivity index (χ3v) is 4.12. The number of benzene rings is 2. The van der Waals surface area contributed by atoms with Crippen LogP contribution in [-0.4, -0.2) is 20.8 Å². The minimum absolute atomic E-state index is 0.0957. The van der Waals surface area contributed by atoms with Crippen LogP contribution in [0.15, 0.2) is 61.2 Å². The number of aromatic nitrogens is 3. The zero-order valence-corrected chi connectivity index (χ0v) is 14.3. The summed E-state index contributed by atoms with van der Waals surface area (Å²) in [5.41, 5.74) is 4.23. The molecule has 0 aliphatic heterocycles. The van der Waals surface area contributed by atoms with Gasteiger partial charge in [0.25, 0.3) is 0 Å². The van der Waals surface area contributed by atoms with Gasteiger partial charge in [-0.1, -0.05) is 36.4 Å². The van der Waals surface area contributed by atoms with E-state index in [0.717, 1.165) is 16.8 Å². The average molecular weight is 335 g/mol. The van der Waals surface area contributed by atoms with Crippen LogP contribution < -0.4 is 10.6 Å². The molecule has 128 valence electrons. The number of aryl methyl sites for hydroxylation is 1. The first kappa shape index (κ1) is 16.7. The average Bonchev–Trinajstić information content (AvgIpc) is 3.16. The number of amides is 2. The van der Waals surface area contributed by atoms with E-state index in [4.69, 9.17) is 0 Å². The van der Waals surface area contributed by atoms with Crippen molar-refractivity contribution in [2.24, 2.45) is 0 Å². The Bertz CT molecular complexity index is 827. The second-order valence-corrected chi connectivity index (χ2v) is 5.91. The molecule has 0 radical (unpaired) electrons. The van der Waals surface area contributed by atoms with Gasteiger partial charge in [0.15, 0.2) is 0 Å². The summed E-state index contributed by atoms with van der Waals surface area (Å²) in [5.74, 6) is 0. The van der Waals surface area contributed by atoms with E-state index in [-0.39, 0.29) is 12.1 Å². The zero-order valence-electron chi connectivity index (χ0n) is 14.3. The molecule has 1 aromatic heterocycles. The lowest BCUT2D eigenvalue weighted by Gasteiger charge is -2.16. The summed E-state index contributed by atoms with van der Waals surface area (Å²) in [5, 5.41) is 9.95. The normalized spacial score (nSPS) is 11.8. The highest BCUT2D eigenvalue weighted by atomic mass is 16.2. The topological polar surface area (TPSA) is 71.8 Å². The van der Waals surface area contributed by atoms with E-state index < -0.39 is 0 Å². The maximum absolute atomic E-state index is 12.1. The monoisotopic (exact) mass is 335 g/mol. The van der Waals surface area contributed by atoms with Crippen molar-refractivity contribution in [3.8, 4) is 5.69 Å². The Balaban J connectivity index is 1.55. The first-order valence-corrected chi connectivity index (χ1v) is 8.17. The number of urea groups is 1. The van der Waals surface area contributed by atoms with Gasteiger partial charge in [0.05, 0.1) is 11.7 Å². The summed E-state index contributed by atoms with van der Waals surface area (Å²) in [6.07, 6.45) is 3.15. The fourth-order valence-electron chi connectivity index (χ4n) is 2.57. The fourth-order valence-corrected chi connectivity index (χ4v) is 2.57. The molecule has 1 heterocycles. The van der Waals surface area contributed by atoms with Crippen LogP contribution in [0.5, 0.6) is 0 Å². The van der Waals surface area contributed by atoms with Gasteiger partial charge in [-0.05, 0) is 42.7 Å². The SMILES string of the molecule is Cc1ccccc1CNC(=O)N[C@@H](C)c1ccc(-n2cncn2)cc1. The Labute approximate surface area is 146 Å². The molecule has 1 atom stereocenters. The summed E-state index contributed by atoms with van der Waals surface area (Å²) >= 11 is 0. The highest BCUT2D eigenvalue weighted by Crippen LogP contribution is 2.15. The van der Waals surface area contributed by atoms with Crippen molar-refractivity contribution in [1.82, 2.24) is 25.4 Å². The summed E-state index contributed by atoms with van der Waals surface area (Å²) in [7, 11) is 0. The molecule has 3 rings (SSSR count). The first-order valence-electron chi connectivity index (χ1n) is 8.17. The lowest BCUT2D eigenvalue weighted by Crippen LogP contribution is -2.36. The molecule has 0 saturated heterocycles. The molecule has 25 heavy (non-hydrogen) atoms. The number of nitrogens with one attached hydrogen (secondary N) is 2. The third kappa shape index (κ3) is 4.23. The largest absolute Gasteiger partial charge is 0.334 e. The Morgan fingerprint density at radius 1 is 1.16 bits per heavy atom. The van der Waals surface area contributed by atoms with Gasteiger partial charge in [-0.25, -0.2) is 14.5 Å². The van der Waals surface area contributed by atoms with E-state index in [1.54, 1.807) is 11.0 Å². The van der Waals surface area contributed by atoms with E-state index in [0.29, 0.717) is 6.54 Å². The van der Waals surface area contributed by atoms with Crippen LogP contribution in [0.1, 0.15) is 29.7 Å². The molecule has 6 nitrogen and oxygen atoms in total. The summed E-state index contributed by atoms with van der Waals surface area (Å²) < 4.78 is 1.69. The molecule has 0 bridgehead atoms. The molecule has 2 amide bonds. The number of carbonyl (C=O) groups excluding carboxylic acids is 1. The fraction of sp³-hybridized carbons (Fsp3) is 0.211. The van der Waals surface area contributed by atoms with Gasteiger partial charge >= 0.3 is 6.03 Å². The molecular formula is C19H21N5O. The van der Waals surface area contributed by atoms with Crippen LogP contribution >= 0.6 is 0 Å². The molecule has 0 aliphatic rings. The number of rotatable bonds is 5. The minimum Gasteiger partial charge on any atom is -0.334 e. The minimum atomic E-state index is -0.184. The van der Waals surface area contributed by atoms with Crippen LogP contribution in [-0.2, 0) is 6.54 Å². The second kappa shape index (κ2) is 7.61. The molecule has 0 saturated carbocycles. The smallest absolute Gasteiger partial charge is 0.315 e. The van der Waals surface area contributed by atoms with E-state index in [1.807, 2.05) is 62.4 Å². The Hall–Kier alpha value is -3.15. The Morgan fingerprint density at radius 3 is 2.60 bits per heavy atom. The van der Waals surface area contributed by atoms with Crippen LogP contribution in [0.4, 0.5) is 4.79 Å². The van der Waals surface area contributed by atoms with Crippen LogP contribution in [0.25, 0.3) is 5.69 Å². The van der Waals surface area contributed by atoms with E-state index in [1.165, 1.54) is 11.9 Å². The Morgan fingerprint density at radius 2 is 1.92 bits per heavy atom. The Kier molecular flexibility index (Phi) is 5.09. The lowest BCUT2D eigenvalue weighted by molar-refractivity contribution is 0.237. The number of hydrogen-bond acceptors (Lipinski definition) is 3. The number of nitrogens with zero attached hydrogens (tertiary/aromatic N) is 3. The van der Waals surface area contributed by atoms with Crippen LogP contribution in [0, 0.1) is 6.92 Å². The van der Waals surface area contributed by atoms with Crippen molar-refractivity contribution in [1.29, 1.82) is 0 Å². The van der Waals surface area contributed by atoms with E-state index >= 15 is 0 Å². The summed E-state index contributed by atoms with van der Waals surface area (Å²) in [4.78, 5) is 16.1. The molecule has 2 aromatic carbocycles. The zero-order chi connectivity index (χ0) is 17.6. The molecule has 0 spiro atoms. The summed E-state index contributed by atoms with van der Waals surface area (Å²) in [6, 6.07) is 15.6. The number of carbonyl (C=O) groups is 1. The van der Waals surface area contributed by atoms with Crippen LogP contribution in [0.3, 0.4) is 0 Å². The van der Waals surface area contributed by atoms with Crippen molar-refractivity contribution in [2.75, 3.05) is 0 Å². The molecule has 3 aromatic rings. The van der Waals surface area contributed by atoms with Gasteiger partial charge in [-0.2, -0.15) is 5.10 Å². The van der Waals surface area contributed by atoms with Gasteiger partial charge in [0, 0.05) is 6.54 Å². The van der Waals surface area contributed by atoms with E-state index in [9.17, 15) is 4.79 Å². The summed E-state index contributed by atoms with van der Waals surface area (Å²) in [6.45, 7) is 4.50. The quantitative estimate of drug-likeness (QED) is 0.752. The molecule has 2 N–H and O–H groups in total. The molecular weight excluding hydrogens is 314 g/mol. The highest BCUT2D eigenvalue weighted by molar-refractivity contribution is 5.74. The van der Waals surface area contributed by atoms with Gasteiger partial charge < -0.3 is 10.6 Å².